The molecule has 0 radical (unpaired) electrons. The van der Waals surface area contributed by atoms with Crippen molar-refractivity contribution in [3.8, 4) is 0 Å². The van der Waals surface area contributed by atoms with Gasteiger partial charge in [-0.15, -0.1) is 12.6 Å². The molecule has 1 fully saturated rings. The van der Waals surface area contributed by atoms with E-state index >= 15 is 0 Å². The van der Waals surface area contributed by atoms with Crippen LogP contribution in [0.5, 0.6) is 0 Å². The second-order valence-electron chi connectivity index (χ2n) is 7.50. The molecule has 2 nitrogen and oxygen atoms in total. The fourth-order valence-corrected chi connectivity index (χ4v) is 3.98. The lowest BCUT2D eigenvalue weighted by Gasteiger charge is -2.27. The molecule has 1 aliphatic rings. The zero-order valence-corrected chi connectivity index (χ0v) is 20.0. The van der Waals surface area contributed by atoms with Gasteiger partial charge in [-0.05, 0) is 81.3 Å². The van der Waals surface area contributed by atoms with Crippen LogP contribution in [-0.2, 0) is 0 Å². The molecule has 0 amide bonds. The maximum Gasteiger partial charge on any atom is 0.135 e. The molecular weight excluding hydrogens is 380 g/mol. The maximum atomic E-state index is 4.94. The predicted octanol–water partition coefficient (Wildman–Crippen LogP) is 7.29. The molecule has 0 bridgehead atoms. The Morgan fingerprint density at radius 2 is 1.61 bits per heavy atom. The molecule has 1 saturated carbocycles. The lowest BCUT2D eigenvalue weighted by Crippen LogP contribution is -2.21. The van der Waals surface area contributed by atoms with Crippen LogP contribution < -0.4 is 5.32 Å². The zero-order chi connectivity index (χ0) is 20.8. The molecule has 0 unspecified atom stereocenters. The van der Waals surface area contributed by atoms with Crippen LogP contribution in [0.4, 0.5) is 5.69 Å². The van der Waals surface area contributed by atoms with Gasteiger partial charge >= 0.3 is 0 Å². The summed E-state index contributed by atoms with van der Waals surface area (Å²) in [5.74, 6) is 1.52. The zero-order valence-electron chi connectivity index (χ0n) is 18.3. The molecule has 0 atom stereocenters. The number of allylic oxidation sites excluding steroid dienone is 2. The van der Waals surface area contributed by atoms with Crippen LogP contribution in [0.2, 0.25) is 0 Å². The quantitative estimate of drug-likeness (QED) is 0.261. The molecule has 1 aliphatic carbocycles. The lowest BCUT2D eigenvalue weighted by atomic mass is 9.78. The summed E-state index contributed by atoms with van der Waals surface area (Å²) in [7, 11) is 0. The van der Waals surface area contributed by atoms with E-state index in [0.29, 0.717) is 4.32 Å². The van der Waals surface area contributed by atoms with E-state index in [-0.39, 0.29) is 0 Å². The van der Waals surface area contributed by atoms with E-state index in [4.69, 9.17) is 12.2 Å². The maximum absolute atomic E-state index is 4.94. The molecule has 158 valence electrons. The highest BCUT2D eigenvalue weighted by Gasteiger charge is 2.20. The number of thiol groups is 1. The van der Waals surface area contributed by atoms with E-state index in [0.717, 1.165) is 17.5 Å². The number of hydrogen-bond acceptors (Lipinski definition) is 2. The van der Waals surface area contributed by atoms with Gasteiger partial charge in [0.2, 0.25) is 0 Å². The topological polar surface area (TPSA) is 15.3 Å². The van der Waals surface area contributed by atoms with E-state index in [1.165, 1.54) is 63.7 Å². The van der Waals surface area contributed by atoms with E-state index in [9.17, 15) is 0 Å². The first-order valence-electron chi connectivity index (χ1n) is 11.0. The Kier molecular flexibility index (Phi) is 13.6. The fourth-order valence-electron chi connectivity index (χ4n) is 3.73. The van der Waals surface area contributed by atoms with E-state index in [1.54, 1.807) is 0 Å². The lowest BCUT2D eigenvalue weighted by molar-refractivity contribution is 0.321. The molecule has 0 saturated heterocycles. The van der Waals surface area contributed by atoms with Crippen LogP contribution in [0.25, 0.3) is 0 Å². The van der Waals surface area contributed by atoms with Gasteiger partial charge in [-0.3, -0.25) is 0 Å². The Morgan fingerprint density at radius 3 is 2.04 bits per heavy atom. The second kappa shape index (κ2) is 15.1. The Morgan fingerprint density at radius 1 is 1.04 bits per heavy atom. The highest BCUT2D eigenvalue weighted by molar-refractivity contribution is 8.11. The number of thiocarbonyl (C=S) groups is 1. The van der Waals surface area contributed by atoms with Gasteiger partial charge in [0.1, 0.15) is 4.32 Å². The van der Waals surface area contributed by atoms with Gasteiger partial charge in [-0.1, -0.05) is 70.6 Å². The van der Waals surface area contributed by atoms with Gasteiger partial charge < -0.3 is 10.2 Å². The molecule has 0 aliphatic heterocycles. The van der Waals surface area contributed by atoms with Crippen LogP contribution >= 0.6 is 24.8 Å². The average molecular weight is 421 g/mol. The van der Waals surface area contributed by atoms with Crippen molar-refractivity contribution < 1.29 is 0 Å². The fraction of sp³-hybridized carbons (Fsp3) is 0.625. The standard InChI is InChI=1S/C18H25NS2.C6H15N/c1-2-3-4-5-14-6-8-15(9-7-14)16-10-12-17(13-11-16)19-18(20)21;1-4-7(5-2)6-3/h4-5,10-15H,2-3,6-9H2,1H3,(H2,19,20,21);4-6H2,1-3H3/t14-,15-;. The van der Waals surface area contributed by atoms with Gasteiger partial charge in [0.15, 0.2) is 0 Å². The smallest absolute Gasteiger partial charge is 0.135 e. The normalized spacial score (nSPS) is 19.4. The van der Waals surface area contributed by atoms with Crippen molar-refractivity contribution in [3.05, 3.63) is 42.0 Å². The summed E-state index contributed by atoms with van der Waals surface area (Å²) in [6, 6.07) is 8.66. The number of anilines is 1. The summed E-state index contributed by atoms with van der Waals surface area (Å²) in [5.41, 5.74) is 2.48. The minimum atomic E-state index is 0.516. The largest absolute Gasteiger partial charge is 0.341 e. The molecule has 4 heteroatoms. The van der Waals surface area contributed by atoms with E-state index in [2.05, 4.69) is 87.0 Å². The number of nitrogens with zero attached hydrogens (tertiary/aromatic N) is 1. The highest BCUT2D eigenvalue weighted by Crippen LogP contribution is 2.36. The number of nitrogens with one attached hydrogen (secondary N) is 1. The van der Waals surface area contributed by atoms with E-state index < -0.39 is 0 Å². The molecule has 2 rings (SSSR count). The minimum Gasteiger partial charge on any atom is -0.341 e. The van der Waals surface area contributed by atoms with Crippen LogP contribution in [-0.4, -0.2) is 28.9 Å². The Balaban J connectivity index is 0.000000480. The van der Waals surface area contributed by atoms with Crippen LogP contribution in [0.3, 0.4) is 0 Å². The first-order valence-corrected chi connectivity index (χ1v) is 11.9. The van der Waals surface area contributed by atoms with E-state index in [1.807, 2.05) is 0 Å². The first kappa shape index (κ1) is 25.2. The van der Waals surface area contributed by atoms with Gasteiger partial charge in [0.25, 0.3) is 0 Å². The molecule has 28 heavy (non-hydrogen) atoms. The van der Waals surface area contributed by atoms with Crippen molar-refractivity contribution in [1.29, 1.82) is 0 Å². The molecule has 0 spiro atoms. The van der Waals surface area contributed by atoms with Crippen LogP contribution in [0, 0.1) is 5.92 Å². The number of rotatable bonds is 8. The summed E-state index contributed by atoms with van der Waals surface area (Å²) in [5, 5.41) is 3.06. The number of benzene rings is 1. The second-order valence-corrected chi connectivity index (χ2v) is 8.66. The third-order valence-corrected chi connectivity index (χ3v) is 5.82. The number of unbranched alkanes of at least 4 members (excludes halogenated alkanes) is 1. The van der Waals surface area contributed by atoms with Gasteiger partial charge in [0.05, 0.1) is 0 Å². The SMILES string of the molecule is CCCC=C[C@H]1CC[C@H](c2ccc(NC(=S)S)cc2)CC1.CCN(CC)CC. The Labute approximate surface area is 184 Å². The van der Waals surface area contributed by atoms with Crippen molar-refractivity contribution in [2.75, 3.05) is 25.0 Å². The molecule has 1 aromatic carbocycles. The summed E-state index contributed by atoms with van der Waals surface area (Å²) >= 11 is 9.03. The van der Waals surface area contributed by atoms with Gasteiger partial charge in [-0.2, -0.15) is 0 Å². The summed E-state index contributed by atoms with van der Waals surface area (Å²) in [6.07, 6.45) is 12.5. The van der Waals surface area contributed by atoms with Crippen LogP contribution in [0.15, 0.2) is 36.4 Å². The summed E-state index contributed by atoms with van der Waals surface area (Å²) in [4.78, 5) is 2.38. The summed E-state index contributed by atoms with van der Waals surface area (Å²) < 4.78 is 0.516. The third kappa shape index (κ3) is 10.1. The van der Waals surface area contributed by atoms with Crippen molar-refractivity contribution in [2.45, 2.75) is 72.1 Å². The number of hydrogen-bond donors (Lipinski definition) is 2. The predicted molar refractivity (Wildman–Crippen MR) is 134 cm³/mol. The highest BCUT2D eigenvalue weighted by atomic mass is 32.1. The minimum absolute atomic E-state index is 0.516. The average Bonchev–Trinajstić information content (AvgIpc) is 2.71. The molecular formula is C24H40N2S2. The third-order valence-electron chi connectivity index (χ3n) is 5.61. The van der Waals surface area contributed by atoms with Crippen molar-refractivity contribution in [2.24, 2.45) is 5.92 Å². The van der Waals surface area contributed by atoms with Crippen molar-refractivity contribution in [1.82, 2.24) is 4.90 Å². The molecule has 0 heterocycles. The van der Waals surface area contributed by atoms with Crippen molar-refractivity contribution >= 4 is 34.9 Å². The van der Waals surface area contributed by atoms with Gasteiger partial charge in [-0.25, -0.2) is 0 Å². The summed E-state index contributed by atoms with van der Waals surface area (Å²) in [6.45, 7) is 12.4. The Hall–Kier alpha value is -0.840. The molecule has 0 aromatic heterocycles. The van der Waals surface area contributed by atoms with Gasteiger partial charge in [0, 0.05) is 5.69 Å². The van der Waals surface area contributed by atoms with Crippen molar-refractivity contribution in [3.63, 3.8) is 0 Å². The molecule has 1 aromatic rings. The molecule has 1 N–H and O–H groups in total. The first-order chi connectivity index (χ1) is 13.5. The Bertz CT molecular complexity index is 551. The monoisotopic (exact) mass is 420 g/mol. The van der Waals surface area contributed by atoms with Crippen LogP contribution in [0.1, 0.15) is 77.7 Å².